The summed E-state index contributed by atoms with van der Waals surface area (Å²) >= 11 is 0. The minimum Gasteiger partial charge on any atom is -0.383 e. The zero-order valence-electron chi connectivity index (χ0n) is 13.0. The van der Waals surface area contributed by atoms with Gasteiger partial charge in [-0.1, -0.05) is 43.7 Å². The number of rotatable bonds is 9. The normalized spacial score (nSPS) is 11.8. The van der Waals surface area contributed by atoms with Gasteiger partial charge >= 0.3 is 0 Å². The van der Waals surface area contributed by atoms with Crippen LogP contribution in [0.15, 0.2) is 24.3 Å². The van der Waals surface area contributed by atoms with Crippen molar-refractivity contribution < 1.29 is 4.74 Å². The smallest absolute Gasteiger partial charge is 0.0587 e. The van der Waals surface area contributed by atoms with Crippen LogP contribution < -0.4 is 5.32 Å². The van der Waals surface area contributed by atoms with Gasteiger partial charge in [0.25, 0.3) is 0 Å². The molecular formula is C17H29NO. The zero-order valence-corrected chi connectivity index (χ0v) is 13.0. The van der Waals surface area contributed by atoms with E-state index in [1.165, 1.54) is 24.0 Å². The lowest BCUT2D eigenvalue weighted by molar-refractivity contribution is 0.185. The molecule has 2 nitrogen and oxygen atoms in total. The molecule has 0 heterocycles. The van der Waals surface area contributed by atoms with Gasteiger partial charge in [0.1, 0.15) is 0 Å². The molecule has 1 aromatic carbocycles. The molecule has 0 spiro atoms. The van der Waals surface area contributed by atoms with E-state index in [1.54, 1.807) is 7.11 Å². The van der Waals surface area contributed by atoms with Crippen molar-refractivity contribution in [3.8, 4) is 0 Å². The number of aryl methyl sites for hydroxylation is 1. The second-order valence-electron chi connectivity index (χ2n) is 5.54. The molecule has 0 saturated heterocycles. The highest BCUT2D eigenvalue weighted by atomic mass is 16.5. The van der Waals surface area contributed by atoms with Gasteiger partial charge in [0.15, 0.2) is 0 Å². The summed E-state index contributed by atoms with van der Waals surface area (Å²) in [4.78, 5) is 0. The third-order valence-electron chi connectivity index (χ3n) is 4.18. The lowest BCUT2D eigenvalue weighted by Crippen LogP contribution is -2.36. The zero-order chi connectivity index (χ0) is 14.1. The Hall–Kier alpha value is -0.860. The van der Waals surface area contributed by atoms with Gasteiger partial charge in [0.05, 0.1) is 6.61 Å². The van der Waals surface area contributed by atoms with Crippen LogP contribution in [0.4, 0.5) is 0 Å². The summed E-state index contributed by atoms with van der Waals surface area (Å²) < 4.78 is 5.09. The van der Waals surface area contributed by atoms with E-state index in [0.29, 0.717) is 5.41 Å². The van der Waals surface area contributed by atoms with Gasteiger partial charge < -0.3 is 10.1 Å². The Labute approximate surface area is 118 Å². The van der Waals surface area contributed by atoms with Crippen LogP contribution in [0.2, 0.25) is 0 Å². The second kappa shape index (κ2) is 8.34. The van der Waals surface area contributed by atoms with E-state index in [9.17, 15) is 0 Å². The highest BCUT2D eigenvalue weighted by Gasteiger charge is 2.25. The molecule has 0 aromatic heterocycles. The monoisotopic (exact) mass is 263 g/mol. The van der Waals surface area contributed by atoms with Crippen molar-refractivity contribution >= 4 is 0 Å². The van der Waals surface area contributed by atoms with E-state index in [2.05, 4.69) is 50.4 Å². The molecular weight excluding hydrogens is 234 g/mol. The topological polar surface area (TPSA) is 21.3 Å². The van der Waals surface area contributed by atoms with Gasteiger partial charge in [0.2, 0.25) is 0 Å². The Balaban J connectivity index is 2.61. The van der Waals surface area contributed by atoms with E-state index in [-0.39, 0.29) is 0 Å². The number of nitrogens with one attached hydrogen (secondary N) is 1. The molecule has 0 saturated carbocycles. The predicted molar refractivity (Wildman–Crippen MR) is 82.6 cm³/mol. The maximum atomic E-state index is 5.09. The summed E-state index contributed by atoms with van der Waals surface area (Å²) in [5, 5.41) is 3.54. The first-order chi connectivity index (χ1) is 9.15. The van der Waals surface area contributed by atoms with Gasteiger partial charge in [-0.25, -0.2) is 0 Å². The first-order valence-corrected chi connectivity index (χ1v) is 7.41. The van der Waals surface area contributed by atoms with Crippen molar-refractivity contribution in [2.24, 2.45) is 5.41 Å². The maximum absolute atomic E-state index is 5.09. The molecule has 0 bridgehead atoms. The molecule has 19 heavy (non-hydrogen) atoms. The molecule has 0 fully saturated rings. The third-order valence-corrected chi connectivity index (χ3v) is 4.18. The molecule has 0 radical (unpaired) electrons. The van der Waals surface area contributed by atoms with Crippen molar-refractivity contribution in [2.45, 2.75) is 40.0 Å². The summed E-state index contributed by atoms with van der Waals surface area (Å²) in [6.07, 6.45) is 3.56. The van der Waals surface area contributed by atoms with Crippen LogP contribution in [0.1, 0.15) is 37.8 Å². The third kappa shape index (κ3) is 5.33. The SMILES string of the molecule is CCC(CC)(CNCCOC)Cc1ccc(C)cc1. The summed E-state index contributed by atoms with van der Waals surface area (Å²) in [6, 6.07) is 8.96. The molecule has 1 aromatic rings. The lowest BCUT2D eigenvalue weighted by Gasteiger charge is -2.32. The van der Waals surface area contributed by atoms with Crippen LogP contribution in [-0.4, -0.2) is 26.8 Å². The van der Waals surface area contributed by atoms with Gasteiger partial charge in [-0.05, 0) is 37.2 Å². The Kier molecular flexibility index (Phi) is 7.11. The standard InChI is InChI=1S/C17H29NO/c1-5-17(6-2,14-18-11-12-19-4)13-16-9-7-15(3)8-10-16/h7-10,18H,5-6,11-14H2,1-4H3. The fraction of sp³-hybridized carbons (Fsp3) is 0.647. The molecule has 108 valence electrons. The Bertz CT molecular complexity index is 341. The summed E-state index contributed by atoms with van der Waals surface area (Å²) in [6.45, 7) is 9.53. The van der Waals surface area contributed by atoms with E-state index in [1.807, 2.05) is 0 Å². The first kappa shape index (κ1) is 16.2. The first-order valence-electron chi connectivity index (χ1n) is 7.41. The summed E-state index contributed by atoms with van der Waals surface area (Å²) in [5.41, 5.74) is 3.15. The minimum atomic E-state index is 0.364. The molecule has 0 amide bonds. The molecule has 0 atom stereocenters. The molecule has 2 heteroatoms. The second-order valence-corrected chi connectivity index (χ2v) is 5.54. The molecule has 0 aliphatic rings. The van der Waals surface area contributed by atoms with Crippen LogP contribution in [0, 0.1) is 12.3 Å². The Morgan fingerprint density at radius 2 is 1.74 bits per heavy atom. The van der Waals surface area contributed by atoms with Crippen LogP contribution in [0.25, 0.3) is 0 Å². The summed E-state index contributed by atoms with van der Waals surface area (Å²) in [5.74, 6) is 0. The predicted octanol–water partition coefficient (Wildman–Crippen LogP) is 3.58. The van der Waals surface area contributed by atoms with Gasteiger partial charge in [0, 0.05) is 20.2 Å². The highest BCUT2D eigenvalue weighted by Crippen LogP contribution is 2.30. The van der Waals surface area contributed by atoms with E-state index in [0.717, 1.165) is 26.1 Å². The average molecular weight is 263 g/mol. The maximum Gasteiger partial charge on any atom is 0.0587 e. The van der Waals surface area contributed by atoms with Gasteiger partial charge in [-0.15, -0.1) is 0 Å². The Morgan fingerprint density at radius 1 is 1.11 bits per heavy atom. The largest absolute Gasteiger partial charge is 0.383 e. The van der Waals surface area contributed by atoms with Crippen LogP contribution in [0.3, 0.4) is 0 Å². The fourth-order valence-corrected chi connectivity index (χ4v) is 2.48. The van der Waals surface area contributed by atoms with Crippen molar-refractivity contribution in [2.75, 3.05) is 26.8 Å². The van der Waals surface area contributed by atoms with Crippen LogP contribution in [0.5, 0.6) is 0 Å². The Morgan fingerprint density at radius 3 is 2.26 bits per heavy atom. The van der Waals surface area contributed by atoms with E-state index in [4.69, 9.17) is 4.74 Å². The van der Waals surface area contributed by atoms with Crippen LogP contribution >= 0.6 is 0 Å². The number of benzene rings is 1. The number of hydrogen-bond acceptors (Lipinski definition) is 2. The van der Waals surface area contributed by atoms with E-state index >= 15 is 0 Å². The van der Waals surface area contributed by atoms with Crippen LogP contribution in [-0.2, 0) is 11.2 Å². The van der Waals surface area contributed by atoms with Crippen molar-refractivity contribution in [3.63, 3.8) is 0 Å². The van der Waals surface area contributed by atoms with Crippen molar-refractivity contribution in [1.82, 2.24) is 5.32 Å². The highest BCUT2D eigenvalue weighted by molar-refractivity contribution is 5.22. The fourth-order valence-electron chi connectivity index (χ4n) is 2.48. The molecule has 0 aliphatic carbocycles. The molecule has 0 unspecified atom stereocenters. The van der Waals surface area contributed by atoms with E-state index < -0.39 is 0 Å². The average Bonchev–Trinajstić information content (AvgIpc) is 2.45. The van der Waals surface area contributed by atoms with Crippen molar-refractivity contribution in [3.05, 3.63) is 35.4 Å². The minimum absolute atomic E-state index is 0.364. The molecule has 1 rings (SSSR count). The lowest BCUT2D eigenvalue weighted by atomic mass is 9.77. The van der Waals surface area contributed by atoms with Gasteiger partial charge in [-0.2, -0.15) is 0 Å². The number of hydrogen-bond donors (Lipinski definition) is 1. The molecule has 1 N–H and O–H groups in total. The number of ether oxygens (including phenoxy) is 1. The molecule has 0 aliphatic heterocycles. The summed E-state index contributed by atoms with van der Waals surface area (Å²) in [7, 11) is 1.75. The van der Waals surface area contributed by atoms with Gasteiger partial charge in [-0.3, -0.25) is 0 Å². The number of methoxy groups -OCH3 is 1. The quantitative estimate of drug-likeness (QED) is 0.688. The van der Waals surface area contributed by atoms with Crippen molar-refractivity contribution in [1.29, 1.82) is 0 Å².